The van der Waals surface area contributed by atoms with Crippen molar-refractivity contribution in [2.75, 3.05) is 4.90 Å². The van der Waals surface area contributed by atoms with Gasteiger partial charge in [0.05, 0.1) is 5.69 Å². The van der Waals surface area contributed by atoms with Gasteiger partial charge in [0.2, 0.25) is 0 Å². The minimum absolute atomic E-state index is 0.204. The molecule has 0 atom stereocenters. The van der Waals surface area contributed by atoms with Crippen LogP contribution in [0.2, 0.25) is 0 Å². The normalized spacial score (nSPS) is 23.3. The molecule has 4 fully saturated rings. The Morgan fingerprint density at radius 2 is 1.02 bits per heavy atom. The molecule has 0 unspecified atom stereocenters. The zero-order chi connectivity index (χ0) is 35.4. The van der Waals surface area contributed by atoms with Crippen LogP contribution in [0.3, 0.4) is 0 Å². The molecule has 0 amide bonds. The van der Waals surface area contributed by atoms with Gasteiger partial charge in [-0.25, -0.2) is 0 Å². The Balaban J connectivity index is 0.960. The number of nitrogens with zero attached hydrogens (tertiary/aromatic N) is 1. The molecule has 54 heavy (non-hydrogen) atoms. The van der Waals surface area contributed by atoms with Crippen LogP contribution >= 0.6 is 0 Å². The van der Waals surface area contributed by atoms with Gasteiger partial charge in [-0.3, -0.25) is 0 Å². The van der Waals surface area contributed by atoms with Crippen molar-refractivity contribution in [3.05, 3.63) is 175 Å². The first-order valence-electron chi connectivity index (χ1n) is 19.9. The van der Waals surface area contributed by atoms with Gasteiger partial charge in [-0.1, -0.05) is 121 Å². The minimum Gasteiger partial charge on any atom is -0.454 e. The summed E-state index contributed by atoms with van der Waals surface area (Å²) in [6, 6.07) is 60.4. The molecule has 0 saturated heterocycles. The quantitative estimate of drug-likeness (QED) is 0.178. The standard InChI is InChI=1S/C52H41NO/c1-2-9-35(10-3-1)36-17-22-41(23-18-36)53(49-15-8-13-45-44-12-5-7-16-50(44)54-51(45)49)42-24-19-37(20-25-42)38-21-26-48-46(32-38)43-11-4-6-14-47(43)52(48)39-28-33-27-34(30-39)31-40(52)29-33/h1-26,32-34,39-40H,27-31H2. The second kappa shape index (κ2) is 11.6. The van der Waals surface area contributed by atoms with E-state index in [4.69, 9.17) is 4.42 Å². The van der Waals surface area contributed by atoms with Crippen LogP contribution in [-0.4, -0.2) is 0 Å². The van der Waals surface area contributed by atoms with Gasteiger partial charge in [-0.15, -0.1) is 0 Å². The maximum atomic E-state index is 6.61. The van der Waals surface area contributed by atoms with Crippen LogP contribution in [0.4, 0.5) is 17.1 Å². The van der Waals surface area contributed by atoms with Gasteiger partial charge in [0, 0.05) is 27.6 Å². The number of rotatable bonds is 5. The predicted octanol–water partition coefficient (Wildman–Crippen LogP) is 14.1. The third-order valence-corrected chi connectivity index (χ3v) is 13.9. The molecule has 1 aromatic heterocycles. The van der Waals surface area contributed by atoms with Gasteiger partial charge in [-0.2, -0.15) is 0 Å². The Kier molecular flexibility index (Phi) is 6.55. The van der Waals surface area contributed by atoms with E-state index in [2.05, 4.69) is 163 Å². The first-order valence-corrected chi connectivity index (χ1v) is 19.9. The molecule has 8 aromatic rings. The minimum atomic E-state index is 0.204. The Hall–Kier alpha value is -5.86. The van der Waals surface area contributed by atoms with E-state index in [1.54, 1.807) is 11.1 Å². The lowest BCUT2D eigenvalue weighted by Gasteiger charge is -2.61. The van der Waals surface area contributed by atoms with E-state index in [1.165, 1.54) is 65.5 Å². The van der Waals surface area contributed by atoms with E-state index in [-0.39, 0.29) is 5.41 Å². The highest BCUT2D eigenvalue weighted by Crippen LogP contribution is 2.69. The Labute approximate surface area is 316 Å². The number of furan rings is 1. The Morgan fingerprint density at radius 1 is 0.444 bits per heavy atom. The van der Waals surface area contributed by atoms with Crippen LogP contribution in [0.15, 0.2) is 168 Å². The summed E-state index contributed by atoms with van der Waals surface area (Å²) in [4.78, 5) is 2.35. The highest BCUT2D eigenvalue weighted by molar-refractivity contribution is 6.10. The van der Waals surface area contributed by atoms with Crippen molar-refractivity contribution in [1.82, 2.24) is 0 Å². The summed E-state index contributed by atoms with van der Waals surface area (Å²) in [6.07, 6.45) is 7.14. The summed E-state index contributed by atoms with van der Waals surface area (Å²) in [5.74, 6) is 3.47. The fourth-order valence-electron chi connectivity index (χ4n) is 11.9. The molecular weight excluding hydrogens is 655 g/mol. The second-order valence-electron chi connectivity index (χ2n) is 16.5. The number of hydrogen-bond donors (Lipinski definition) is 0. The molecule has 260 valence electrons. The van der Waals surface area contributed by atoms with Crippen LogP contribution < -0.4 is 4.90 Å². The summed E-state index contributed by atoms with van der Waals surface area (Å²) < 4.78 is 6.61. The van der Waals surface area contributed by atoms with Gasteiger partial charge >= 0.3 is 0 Å². The van der Waals surface area contributed by atoms with E-state index in [1.807, 2.05) is 6.07 Å². The summed E-state index contributed by atoms with van der Waals surface area (Å²) in [7, 11) is 0. The number of anilines is 3. The Morgan fingerprint density at radius 3 is 1.76 bits per heavy atom. The molecule has 2 nitrogen and oxygen atoms in total. The van der Waals surface area contributed by atoms with Crippen molar-refractivity contribution in [2.45, 2.75) is 37.5 Å². The van der Waals surface area contributed by atoms with E-state index in [9.17, 15) is 0 Å². The van der Waals surface area contributed by atoms with E-state index >= 15 is 0 Å². The zero-order valence-electron chi connectivity index (χ0n) is 30.3. The third-order valence-electron chi connectivity index (χ3n) is 13.9. The van der Waals surface area contributed by atoms with Crippen LogP contribution in [0.5, 0.6) is 0 Å². The topological polar surface area (TPSA) is 16.4 Å². The van der Waals surface area contributed by atoms with Crippen molar-refractivity contribution < 1.29 is 4.42 Å². The van der Waals surface area contributed by atoms with Gasteiger partial charge < -0.3 is 9.32 Å². The molecule has 0 aliphatic heterocycles. The van der Waals surface area contributed by atoms with Gasteiger partial charge in [0.15, 0.2) is 5.58 Å². The molecule has 0 radical (unpaired) electrons. The van der Waals surface area contributed by atoms with Crippen LogP contribution in [0.25, 0.3) is 55.3 Å². The van der Waals surface area contributed by atoms with E-state index in [0.717, 1.165) is 62.7 Å². The lowest BCUT2D eigenvalue weighted by atomic mass is 9.43. The maximum Gasteiger partial charge on any atom is 0.159 e. The Bertz CT molecular complexity index is 2690. The van der Waals surface area contributed by atoms with Gasteiger partial charge in [-0.05, 0) is 143 Å². The van der Waals surface area contributed by atoms with Crippen LogP contribution in [0, 0.1) is 23.7 Å². The van der Waals surface area contributed by atoms with Gasteiger partial charge in [0.1, 0.15) is 5.58 Å². The second-order valence-corrected chi connectivity index (χ2v) is 16.5. The van der Waals surface area contributed by atoms with Crippen molar-refractivity contribution in [2.24, 2.45) is 23.7 Å². The number of fused-ring (bicyclic) bond motifs is 6. The molecule has 5 aliphatic rings. The predicted molar refractivity (Wildman–Crippen MR) is 223 cm³/mol. The summed E-state index contributed by atoms with van der Waals surface area (Å²) in [5, 5.41) is 2.26. The third kappa shape index (κ3) is 4.34. The molecule has 2 heteroatoms. The average Bonchev–Trinajstić information content (AvgIpc) is 3.75. The van der Waals surface area contributed by atoms with E-state index in [0.29, 0.717) is 0 Å². The highest BCUT2D eigenvalue weighted by atomic mass is 16.3. The van der Waals surface area contributed by atoms with Crippen molar-refractivity contribution >= 4 is 39.0 Å². The smallest absolute Gasteiger partial charge is 0.159 e. The summed E-state index contributed by atoms with van der Waals surface area (Å²) >= 11 is 0. The SMILES string of the molecule is c1ccc(-c2ccc(N(c3ccc(-c4ccc5c(c4)-c4ccccc4C54C5CC6CC(C5)CC4C6)cc3)c3cccc4c3oc3ccccc34)cc2)cc1. The fourth-order valence-corrected chi connectivity index (χ4v) is 11.9. The van der Waals surface area contributed by atoms with Crippen molar-refractivity contribution in [1.29, 1.82) is 0 Å². The fraction of sp³-hybridized carbons (Fsp3) is 0.192. The average molecular weight is 696 g/mol. The zero-order valence-corrected chi connectivity index (χ0v) is 30.3. The monoisotopic (exact) mass is 695 g/mol. The lowest BCUT2D eigenvalue weighted by Crippen LogP contribution is -2.55. The highest BCUT2D eigenvalue weighted by Gasteiger charge is 2.61. The summed E-state index contributed by atoms with van der Waals surface area (Å²) in [6.45, 7) is 0. The molecule has 0 N–H and O–H groups in total. The molecule has 5 aliphatic carbocycles. The van der Waals surface area contributed by atoms with Crippen molar-refractivity contribution in [3.63, 3.8) is 0 Å². The molecule has 7 aromatic carbocycles. The molecular formula is C52H41NO. The molecule has 4 bridgehead atoms. The largest absolute Gasteiger partial charge is 0.454 e. The molecule has 1 heterocycles. The maximum absolute atomic E-state index is 6.61. The number of para-hydroxylation sites is 2. The van der Waals surface area contributed by atoms with Crippen molar-refractivity contribution in [3.8, 4) is 33.4 Å². The van der Waals surface area contributed by atoms with Crippen LogP contribution in [0.1, 0.15) is 43.2 Å². The molecule has 4 saturated carbocycles. The van der Waals surface area contributed by atoms with Gasteiger partial charge in [0.25, 0.3) is 0 Å². The first kappa shape index (κ1) is 30.6. The number of hydrogen-bond acceptors (Lipinski definition) is 2. The molecule has 1 spiro atoms. The molecule has 13 rings (SSSR count). The summed E-state index contributed by atoms with van der Waals surface area (Å²) in [5.41, 5.74) is 16.3. The van der Waals surface area contributed by atoms with E-state index < -0.39 is 0 Å². The lowest BCUT2D eigenvalue weighted by molar-refractivity contribution is -0.0399. The van der Waals surface area contributed by atoms with Crippen LogP contribution in [-0.2, 0) is 5.41 Å². The number of benzene rings is 7. The first-order chi connectivity index (χ1) is 26.7.